The Hall–Kier alpha value is -2.52. The number of piperazine rings is 1. The minimum absolute atomic E-state index is 0.294. The van der Waals surface area contributed by atoms with Crippen molar-refractivity contribution < 1.29 is 18.4 Å². The molecule has 28 heavy (non-hydrogen) atoms. The summed E-state index contributed by atoms with van der Waals surface area (Å²) in [4.78, 5) is 13.4. The van der Waals surface area contributed by atoms with Crippen molar-refractivity contribution in [3.63, 3.8) is 0 Å². The molecular formula is C20H23N3O4S. The smallest absolute Gasteiger partial charge is 0.267 e. The zero-order valence-corrected chi connectivity index (χ0v) is 16.1. The summed E-state index contributed by atoms with van der Waals surface area (Å²) in [5.74, 6) is -0.630. The molecular weight excluding hydrogens is 378 g/mol. The third-order valence-corrected chi connectivity index (χ3v) is 6.70. The average molecular weight is 401 g/mol. The van der Waals surface area contributed by atoms with Crippen LogP contribution in [-0.2, 0) is 14.6 Å². The average Bonchev–Trinajstić information content (AvgIpc) is 2.74. The van der Waals surface area contributed by atoms with Crippen LogP contribution in [0.1, 0.15) is 16.5 Å². The molecule has 0 aliphatic carbocycles. The lowest BCUT2D eigenvalue weighted by molar-refractivity contribution is -0.124. The number of hydroxylamine groups is 1. The second kappa shape index (κ2) is 9.11. The summed E-state index contributed by atoms with van der Waals surface area (Å²) in [5, 5.41) is 11.0. The molecule has 7 nitrogen and oxygen atoms in total. The zero-order chi connectivity index (χ0) is 20.0. The van der Waals surface area contributed by atoms with Crippen molar-refractivity contribution in [2.24, 2.45) is 0 Å². The predicted octanol–water partition coefficient (Wildman–Crippen LogP) is 1.58. The third kappa shape index (κ3) is 4.66. The van der Waals surface area contributed by atoms with E-state index in [1.165, 1.54) is 11.6 Å². The monoisotopic (exact) mass is 401 g/mol. The number of carbonyl (C=O) groups is 1. The fourth-order valence-corrected chi connectivity index (χ4v) is 5.14. The number of rotatable bonds is 6. The first-order chi connectivity index (χ1) is 13.5. The SMILES string of the molecule is O=C(C=Cc1ccc(C(N2CCNCC2)S(=O)(=O)c2ccccc2)cc1)NO. The maximum absolute atomic E-state index is 13.4. The highest BCUT2D eigenvalue weighted by molar-refractivity contribution is 7.91. The lowest BCUT2D eigenvalue weighted by Gasteiger charge is -2.34. The van der Waals surface area contributed by atoms with E-state index in [2.05, 4.69) is 5.32 Å². The maximum Gasteiger partial charge on any atom is 0.267 e. The van der Waals surface area contributed by atoms with Crippen LogP contribution in [0.25, 0.3) is 6.08 Å². The van der Waals surface area contributed by atoms with Gasteiger partial charge in [0, 0.05) is 32.3 Å². The Morgan fingerprint density at radius 2 is 1.71 bits per heavy atom. The molecule has 1 fully saturated rings. The number of nitrogens with one attached hydrogen (secondary N) is 2. The van der Waals surface area contributed by atoms with E-state index in [0.717, 1.165) is 18.7 Å². The second-order valence-corrected chi connectivity index (χ2v) is 8.48. The van der Waals surface area contributed by atoms with Crippen LogP contribution in [-0.4, -0.2) is 50.6 Å². The number of nitrogens with zero attached hydrogens (tertiary/aromatic N) is 1. The molecule has 1 heterocycles. The molecule has 0 aromatic heterocycles. The van der Waals surface area contributed by atoms with Crippen molar-refractivity contribution in [1.29, 1.82) is 0 Å². The predicted molar refractivity (Wildman–Crippen MR) is 106 cm³/mol. The highest BCUT2D eigenvalue weighted by Crippen LogP contribution is 2.32. The van der Waals surface area contributed by atoms with Crippen LogP contribution in [0, 0.1) is 0 Å². The summed E-state index contributed by atoms with van der Waals surface area (Å²) in [6, 6.07) is 15.5. The maximum atomic E-state index is 13.4. The van der Waals surface area contributed by atoms with E-state index in [9.17, 15) is 13.2 Å². The van der Waals surface area contributed by atoms with E-state index in [1.54, 1.807) is 60.7 Å². The van der Waals surface area contributed by atoms with Crippen molar-refractivity contribution in [1.82, 2.24) is 15.7 Å². The molecule has 1 amide bonds. The summed E-state index contributed by atoms with van der Waals surface area (Å²) in [5.41, 5.74) is 2.93. The Bertz CT molecular complexity index is 922. The van der Waals surface area contributed by atoms with Crippen LogP contribution in [0.5, 0.6) is 0 Å². The number of benzene rings is 2. The van der Waals surface area contributed by atoms with E-state index in [-0.39, 0.29) is 0 Å². The molecule has 0 radical (unpaired) electrons. The van der Waals surface area contributed by atoms with Gasteiger partial charge in [-0.1, -0.05) is 42.5 Å². The van der Waals surface area contributed by atoms with Gasteiger partial charge in [-0.3, -0.25) is 14.9 Å². The molecule has 1 saturated heterocycles. The van der Waals surface area contributed by atoms with Crippen LogP contribution in [0.3, 0.4) is 0 Å². The summed E-state index contributed by atoms with van der Waals surface area (Å²) in [7, 11) is -3.61. The molecule has 148 valence electrons. The van der Waals surface area contributed by atoms with Crippen molar-refractivity contribution >= 4 is 21.8 Å². The molecule has 2 aromatic carbocycles. The summed E-state index contributed by atoms with van der Waals surface area (Å²) in [6.07, 6.45) is 2.74. The van der Waals surface area contributed by atoms with E-state index in [4.69, 9.17) is 5.21 Å². The van der Waals surface area contributed by atoms with Gasteiger partial charge in [0.15, 0.2) is 9.84 Å². The number of hydrogen-bond acceptors (Lipinski definition) is 6. The molecule has 1 aliphatic rings. The minimum Gasteiger partial charge on any atom is -0.314 e. The molecule has 1 aliphatic heterocycles. The molecule has 3 rings (SSSR count). The van der Waals surface area contributed by atoms with Crippen molar-refractivity contribution in [3.8, 4) is 0 Å². The van der Waals surface area contributed by atoms with Gasteiger partial charge in [0.05, 0.1) is 4.90 Å². The van der Waals surface area contributed by atoms with Gasteiger partial charge in [-0.05, 0) is 29.3 Å². The summed E-state index contributed by atoms with van der Waals surface area (Å²) in [6.45, 7) is 2.74. The van der Waals surface area contributed by atoms with Gasteiger partial charge >= 0.3 is 0 Å². The Kier molecular flexibility index (Phi) is 6.58. The van der Waals surface area contributed by atoms with Gasteiger partial charge in [-0.15, -0.1) is 0 Å². The van der Waals surface area contributed by atoms with Crippen molar-refractivity contribution in [3.05, 3.63) is 71.8 Å². The zero-order valence-electron chi connectivity index (χ0n) is 15.3. The molecule has 0 saturated carbocycles. The van der Waals surface area contributed by atoms with E-state index >= 15 is 0 Å². The van der Waals surface area contributed by atoms with Crippen molar-refractivity contribution in [2.75, 3.05) is 26.2 Å². The molecule has 1 unspecified atom stereocenters. The molecule has 2 aromatic rings. The highest BCUT2D eigenvalue weighted by atomic mass is 32.2. The Morgan fingerprint density at radius 3 is 2.32 bits per heavy atom. The molecule has 0 bridgehead atoms. The molecule has 8 heteroatoms. The van der Waals surface area contributed by atoms with E-state index in [0.29, 0.717) is 23.5 Å². The number of hydrogen-bond donors (Lipinski definition) is 3. The Morgan fingerprint density at radius 1 is 1.07 bits per heavy atom. The highest BCUT2D eigenvalue weighted by Gasteiger charge is 2.34. The van der Waals surface area contributed by atoms with Gasteiger partial charge in [0.25, 0.3) is 5.91 Å². The summed E-state index contributed by atoms with van der Waals surface area (Å²) < 4.78 is 26.8. The van der Waals surface area contributed by atoms with Crippen LogP contribution >= 0.6 is 0 Å². The van der Waals surface area contributed by atoms with Crippen LogP contribution in [0.2, 0.25) is 0 Å². The Balaban J connectivity index is 1.95. The van der Waals surface area contributed by atoms with E-state index in [1.807, 2.05) is 4.90 Å². The second-order valence-electron chi connectivity index (χ2n) is 6.47. The molecule has 1 atom stereocenters. The number of sulfone groups is 1. The quantitative estimate of drug-likeness (QED) is 0.386. The van der Waals surface area contributed by atoms with Crippen molar-refractivity contribution in [2.45, 2.75) is 10.3 Å². The normalized spacial score (nSPS) is 16.8. The minimum atomic E-state index is -3.61. The van der Waals surface area contributed by atoms with Gasteiger partial charge in [0.1, 0.15) is 5.37 Å². The van der Waals surface area contributed by atoms with Gasteiger partial charge in [-0.2, -0.15) is 0 Å². The summed E-state index contributed by atoms with van der Waals surface area (Å²) >= 11 is 0. The van der Waals surface area contributed by atoms with Crippen LogP contribution in [0.4, 0.5) is 0 Å². The topological polar surface area (TPSA) is 98.7 Å². The lowest BCUT2D eigenvalue weighted by atomic mass is 10.1. The van der Waals surface area contributed by atoms with E-state index < -0.39 is 21.1 Å². The molecule has 3 N–H and O–H groups in total. The lowest BCUT2D eigenvalue weighted by Crippen LogP contribution is -2.47. The fraction of sp³-hybridized carbons (Fsp3) is 0.250. The first kappa shape index (κ1) is 20.2. The van der Waals surface area contributed by atoms with Gasteiger partial charge in [0.2, 0.25) is 0 Å². The fourth-order valence-electron chi connectivity index (χ4n) is 3.22. The standard InChI is InChI=1S/C20H23N3O4S/c24-19(22-25)11-8-16-6-9-17(10-7-16)20(23-14-12-21-13-15-23)28(26,27)18-4-2-1-3-5-18/h1-11,20-21,25H,12-15H2,(H,22,24). The first-order valence-electron chi connectivity index (χ1n) is 8.98. The Labute approximate surface area is 164 Å². The van der Waals surface area contributed by atoms with Crippen LogP contribution in [0.15, 0.2) is 65.6 Å². The number of carbonyl (C=O) groups excluding carboxylic acids is 1. The van der Waals surface area contributed by atoms with Gasteiger partial charge < -0.3 is 5.32 Å². The third-order valence-electron chi connectivity index (χ3n) is 4.61. The number of amides is 1. The van der Waals surface area contributed by atoms with Gasteiger partial charge in [-0.25, -0.2) is 13.9 Å². The largest absolute Gasteiger partial charge is 0.314 e. The molecule has 0 spiro atoms. The first-order valence-corrected chi connectivity index (χ1v) is 10.5. The van der Waals surface area contributed by atoms with Crippen LogP contribution < -0.4 is 10.8 Å².